The molecule has 188 valence electrons. The van der Waals surface area contributed by atoms with E-state index in [2.05, 4.69) is 0 Å². The van der Waals surface area contributed by atoms with Crippen molar-refractivity contribution in [3.05, 3.63) is 24.3 Å². The van der Waals surface area contributed by atoms with Gasteiger partial charge in [-0.25, -0.2) is 0 Å². The molecule has 34 heavy (non-hydrogen) atoms. The van der Waals surface area contributed by atoms with Crippen LogP contribution in [-0.2, 0) is 47.6 Å². The zero-order valence-electron chi connectivity index (χ0n) is 19.2. The second kappa shape index (κ2) is 13.9. The Hall–Kier alpha value is -2.72. The van der Waals surface area contributed by atoms with Gasteiger partial charge in [0.2, 0.25) is 0 Å². The molecule has 1 saturated heterocycles. The van der Waals surface area contributed by atoms with Gasteiger partial charge in [-0.3, -0.25) is 19.2 Å². The van der Waals surface area contributed by atoms with Crippen molar-refractivity contribution in [1.82, 2.24) is 0 Å². The van der Waals surface area contributed by atoms with Crippen LogP contribution >= 0.6 is 0 Å². The van der Waals surface area contributed by atoms with Crippen LogP contribution in [0.4, 0.5) is 0 Å². The van der Waals surface area contributed by atoms with E-state index in [-0.39, 0.29) is 52.9 Å². The largest absolute Gasteiger partial charge is 0.463 e. The summed E-state index contributed by atoms with van der Waals surface area (Å²) in [6, 6.07) is 0. The molecule has 2 aliphatic carbocycles. The lowest BCUT2D eigenvalue weighted by molar-refractivity contribution is -0.165. The molecule has 3 rings (SSSR count). The minimum absolute atomic E-state index is 0.0178. The number of hydrogen-bond acceptors (Lipinski definition) is 10. The Balaban J connectivity index is 1.56. The Kier molecular flexibility index (Phi) is 10.6. The van der Waals surface area contributed by atoms with Crippen molar-refractivity contribution in [2.45, 2.75) is 25.7 Å². The molecule has 10 nitrogen and oxygen atoms in total. The molecule has 0 aromatic rings. The quantitative estimate of drug-likeness (QED) is 0.285. The summed E-state index contributed by atoms with van der Waals surface area (Å²) >= 11 is 0. The molecule has 3 aliphatic rings. The van der Waals surface area contributed by atoms with Crippen LogP contribution < -0.4 is 0 Å². The third-order valence-corrected chi connectivity index (χ3v) is 5.96. The number of hydrogen-bond donors (Lipinski definition) is 0. The van der Waals surface area contributed by atoms with E-state index in [1.165, 1.54) is 0 Å². The summed E-state index contributed by atoms with van der Waals surface area (Å²) in [7, 11) is 0. The van der Waals surface area contributed by atoms with Crippen LogP contribution in [0, 0.1) is 23.7 Å². The first-order valence-electron chi connectivity index (χ1n) is 11.7. The van der Waals surface area contributed by atoms with Gasteiger partial charge in [-0.15, -0.1) is 0 Å². The molecule has 4 atom stereocenters. The minimum Gasteiger partial charge on any atom is -0.463 e. The first-order valence-corrected chi connectivity index (χ1v) is 11.7. The van der Waals surface area contributed by atoms with Gasteiger partial charge in [0.1, 0.15) is 26.4 Å². The van der Waals surface area contributed by atoms with Crippen LogP contribution in [0.3, 0.4) is 0 Å². The maximum atomic E-state index is 12.5. The number of cyclic esters (lactones) is 4. The number of esters is 4. The van der Waals surface area contributed by atoms with Crippen LogP contribution in [0.1, 0.15) is 25.7 Å². The van der Waals surface area contributed by atoms with Crippen LogP contribution in [0.5, 0.6) is 0 Å². The van der Waals surface area contributed by atoms with Crippen LogP contribution in [0.2, 0.25) is 0 Å². The van der Waals surface area contributed by atoms with Gasteiger partial charge < -0.3 is 28.4 Å². The second-order valence-corrected chi connectivity index (χ2v) is 8.21. The normalized spacial score (nSPS) is 30.8. The van der Waals surface area contributed by atoms with E-state index in [1.54, 1.807) is 0 Å². The third kappa shape index (κ3) is 7.66. The maximum absolute atomic E-state index is 12.5. The summed E-state index contributed by atoms with van der Waals surface area (Å²) in [5, 5.41) is 0. The lowest BCUT2D eigenvalue weighted by atomic mass is 9.83. The number of allylic oxidation sites excluding steroid dienone is 4. The van der Waals surface area contributed by atoms with Gasteiger partial charge in [-0.05, 0) is 25.7 Å². The molecule has 10 heteroatoms. The van der Waals surface area contributed by atoms with Gasteiger partial charge in [0, 0.05) is 0 Å². The Morgan fingerprint density at radius 1 is 0.412 bits per heavy atom. The van der Waals surface area contributed by atoms with Crippen molar-refractivity contribution in [3.63, 3.8) is 0 Å². The maximum Gasteiger partial charge on any atom is 0.310 e. The Morgan fingerprint density at radius 3 is 0.882 bits per heavy atom. The lowest BCUT2D eigenvalue weighted by Gasteiger charge is -2.26. The molecule has 1 heterocycles. The van der Waals surface area contributed by atoms with Crippen LogP contribution in [-0.4, -0.2) is 76.7 Å². The fourth-order valence-electron chi connectivity index (χ4n) is 4.11. The minimum atomic E-state index is -0.617. The molecule has 0 N–H and O–H groups in total. The van der Waals surface area contributed by atoms with Crippen molar-refractivity contribution in [2.75, 3.05) is 52.9 Å². The molecule has 1 aliphatic heterocycles. The van der Waals surface area contributed by atoms with E-state index in [4.69, 9.17) is 28.4 Å². The first-order chi connectivity index (χ1) is 16.6. The summed E-state index contributed by atoms with van der Waals surface area (Å²) in [6.45, 7) is 0.569. The summed E-state index contributed by atoms with van der Waals surface area (Å²) in [6.07, 6.45) is 8.99. The van der Waals surface area contributed by atoms with Gasteiger partial charge in [0.25, 0.3) is 0 Å². The number of carbonyl (C=O) groups excluding carboxylic acids is 4. The number of ether oxygens (including phenoxy) is 6. The molecular formula is C24H32O10. The van der Waals surface area contributed by atoms with Gasteiger partial charge in [-0.1, -0.05) is 24.3 Å². The lowest BCUT2D eigenvalue weighted by Crippen LogP contribution is -2.35. The van der Waals surface area contributed by atoms with Gasteiger partial charge in [0.15, 0.2) is 0 Å². The zero-order valence-corrected chi connectivity index (χ0v) is 19.2. The van der Waals surface area contributed by atoms with Crippen molar-refractivity contribution in [2.24, 2.45) is 23.7 Å². The van der Waals surface area contributed by atoms with E-state index < -0.39 is 47.5 Å². The Labute approximate surface area is 198 Å². The van der Waals surface area contributed by atoms with Crippen LogP contribution in [0.25, 0.3) is 0 Å². The van der Waals surface area contributed by atoms with Crippen molar-refractivity contribution < 1.29 is 47.6 Å². The number of fused-ring (bicyclic) bond motifs is 2. The molecule has 0 aromatic heterocycles. The topological polar surface area (TPSA) is 124 Å². The molecule has 0 radical (unpaired) electrons. The molecule has 0 bridgehead atoms. The number of carbonyl (C=O) groups is 4. The Bertz CT molecular complexity index is 650. The van der Waals surface area contributed by atoms with E-state index in [9.17, 15) is 19.2 Å². The number of rotatable bonds is 0. The Morgan fingerprint density at radius 2 is 0.647 bits per heavy atom. The highest BCUT2D eigenvalue weighted by atomic mass is 16.6. The van der Waals surface area contributed by atoms with E-state index in [1.807, 2.05) is 24.3 Å². The van der Waals surface area contributed by atoms with E-state index in [0.29, 0.717) is 25.7 Å². The van der Waals surface area contributed by atoms with E-state index in [0.717, 1.165) is 0 Å². The molecular weight excluding hydrogens is 448 g/mol. The summed E-state index contributed by atoms with van der Waals surface area (Å²) < 4.78 is 31.9. The molecule has 4 unspecified atom stereocenters. The molecule has 0 aromatic carbocycles. The molecule has 1 fully saturated rings. The second-order valence-electron chi connectivity index (χ2n) is 8.21. The highest BCUT2D eigenvalue weighted by Gasteiger charge is 2.37. The standard InChI is InChI=1S/C24H32O10/c25-21-17-5-1-2-6-18(17)22(26)32-14-10-30-12-16-34-24(28)20-8-4-3-7-19(20)23(27)33-15-11-29-9-13-31-21/h1-4,17-20H,5-16H2. The predicted molar refractivity (Wildman–Crippen MR) is 116 cm³/mol. The van der Waals surface area contributed by atoms with Crippen molar-refractivity contribution in [3.8, 4) is 0 Å². The molecule has 0 spiro atoms. The average Bonchev–Trinajstić information content (AvgIpc) is 2.86. The summed E-state index contributed by atoms with van der Waals surface area (Å²) in [4.78, 5) is 49.9. The van der Waals surface area contributed by atoms with Crippen molar-refractivity contribution >= 4 is 23.9 Å². The fraction of sp³-hybridized carbons (Fsp3) is 0.667. The first kappa shape index (κ1) is 25.9. The van der Waals surface area contributed by atoms with Crippen LogP contribution in [0.15, 0.2) is 24.3 Å². The SMILES string of the molecule is O=C1OCCOCCOC(=O)C2CC=CCC2C(=O)OCCOCCOC(=O)C2CC=CCC12. The van der Waals surface area contributed by atoms with Gasteiger partial charge >= 0.3 is 23.9 Å². The predicted octanol–water partition coefficient (Wildman–Crippen LogP) is 1.37. The highest BCUT2D eigenvalue weighted by molar-refractivity contribution is 5.83. The molecule has 0 amide bonds. The van der Waals surface area contributed by atoms with Crippen molar-refractivity contribution in [1.29, 1.82) is 0 Å². The average molecular weight is 481 g/mol. The van der Waals surface area contributed by atoms with Gasteiger partial charge in [0.05, 0.1) is 50.1 Å². The molecule has 0 saturated carbocycles. The van der Waals surface area contributed by atoms with E-state index >= 15 is 0 Å². The smallest absolute Gasteiger partial charge is 0.310 e. The highest BCUT2D eigenvalue weighted by Crippen LogP contribution is 2.29. The summed E-state index contributed by atoms with van der Waals surface area (Å²) in [5.41, 5.74) is 0. The zero-order chi connectivity index (χ0) is 24.2. The monoisotopic (exact) mass is 480 g/mol. The summed E-state index contributed by atoms with van der Waals surface area (Å²) in [5.74, 6) is -4.36. The third-order valence-electron chi connectivity index (χ3n) is 5.96. The van der Waals surface area contributed by atoms with Gasteiger partial charge in [-0.2, -0.15) is 0 Å². The fourth-order valence-corrected chi connectivity index (χ4v) is 4.11.